The average Bonchev–Trinajstić information content (AvgIpc) is 3.23. The number of carbonyl (C=O) groups excluding carboxylic acids is 2. The predicted octanol–water partition coefficient (Wildman–Crippen LogP) is 2.82. The van der Waals surface area contributed by atoms with Crippen LogP contribution in [0.3, 0.4) is 0 Å². The molecule has 1 amide bonds. The van der Waals surface area contributed by atoms with E-state index in [0.29, 0.717) is 43.2 Å². The van der Waals surface area contributed by atoms with Gasteiger partial charge in [-0.1, -0.05) is 18.2 Å². The lowest BCUT2D eigenvalue weighted by molar-refractivity contribution is 0.0735. The SMILES string of the molecule is O=[C]Cn1nc(-c2coc3ccccc23)c2cnc(C(=O)N3CCCOCC3)cc21. The Bertz CT molecular complexity index is 1230. The lowest BCUT2D eigenvalue weighted by Gasteiger charge is -2.19. The molecule has 1 aromatic carbocycles. The second-order valence-electron chi connectivity index (χ2n) is 7.14. The minimum atomic E-state index is -0.152. The van der Waals surface area contributed by atoms with Gasteiger partial charge in [0, 0.05) is 42.2 Å². The number of pyridine rings is 1. The lowest BCUT2D eigenvalue weighted by Crippen LogP contribution is -2.33. The van der Waals surface area contributed by atoms with Crippen molar-refractivity contribution in [3.05, 3.63) is 48.5 Å². The Kier molecular flexibility index (Phi) is 4.76. The second kappa shape index (κ2) is 7.72. The van der Waals surface area contributed by atoms with Crippen molar-refractivity contribution >= 4 is 34.1 Å². The maximum Gasteiger partial charge on any atom is 0.272 e. The summed E-state index contributed by atoms with van der Waals surface area (Å²) in [7, 11) is 0. The second-order valence-corrected chi connectivity index (χ2v) is 7.14. The molecule has 0 bridgehead atoms. The van der Waals surface area contributed by atoms with Crippen LogP contribution in [-0.2, 0) is 16.1 Å². The number of fused-ring (bicyclic) bond motifs is 2. The normalized spacial score (nSPS) is 14.9. The first-order chi connectivity index (χ1) is 14.8. The molecule has 1 radical (unpaired) electrons. The van der Waals surface area contributed by atoms with E-state index in [9.17, 15) is 9.59 Å². The maximum absolute atomic E-state index is 13.0. The van der Waals surface area contributed by atoms with Crippen LogP contribution in [0, 0.1) is 0 Å². The number of hydrogen-bond donors (Lipinski definition) is 0. The minimum Gasteiger partial charge on any atom is -0.464 e. The molecule has 8 heteroatoms. The van der Waals surface area contributed by atoms with Crippen LogP contribution < -0.4 is 0 Å². The molecule has 5 rings (SSSR count). The van der Waals surface area contributed by atoms with Crippen LogP contribution in [-0.4, -0.2) is 58.2 Å². The predicted molar refractivity (Wildman–Crippen MR) is 110 cm³/mol. The summed E-state index contributed by atoms with van der Waals surface area (Å²) < 4.78 is 12.6. The summed E-state index contributed by atoms with van der Waals surface area (Å²) in [4.78, 5) is 30.3. The number of para-hydroxylation sites is 1. The number of hydrogen-bond acceptors (Lipinski definition) is 6. The summed E-state index contributed by atoms with van der Waals surface area (Å²) in [6, 6.07) is 9.37. The molecule has 0 saturated carbocycles. The molecule has 1 aliphatic heterocycles. The van der Waals surface area contributed by atoms with Crippen molar-refractivity contribution in [2.24, 2.45) is 0 Å². The summed E-state index contributed by atoms with van der Waals surface area (Å²) >= 11 is 0. The monoisotopic (exact) mass is 403 g/mol. The first kappa shape index (κ1) is 18.5. The van der Waals surface area contributed by atoms with E-state index in [-0.39, 0.29) is 12.5 Å². The molecular weight excluding hydrogens is 384 g/mol. The Balaban J connectivity index is 1.61. The van der Waals surface area contributed by atoms with Gasteiger partial charge in [0.1, 0.15) is 29.8 Å². The number of ether oxygens (including phenoxy) is 1. The van der Waals surface area contributed by atoms with Gasteiger partial charge in [0.25, 0.3) is 5.91 Å². The summed E-state index contributed by atoms with van der Waals surface area (Å²) in [5.41, 5.74) is 3.19. The quantitative estimate of drug-likeness (QED) is 0.520. The smallest absolute Gasteiger partial charge is 0.272 e. The van der Waals surface area contributed by atoms with Crippen LogP contribution in [0.4, 0.5) is 0 Å². The fraction of sp³-hybridized carbons (Fsp3) is 0.273. The molecule has 1 fully saturated rings. The average molecular weight is 403 g/mol. The van der Waals surface area contributed by atoms with Crippen molar-refractivity contribution in [3.8, 4) is 11.3 Å². The van der Waals surface area contributed by atoms with E-state index in [0.717, 1.165) is 28.3 Å². The van der Waals surface area contributed by atoms with Gasteiger partial charge in [-0.15, -0.1) is 0 Å². The van der Waals surface area contributed by atoms with Gasteiger partial charge in [-0.25, -0.2) is 0 Å². The van der Waals surface area contributed by atoms with Gasteiger partial charge in [0.15, 0.2) is 0 Å². The van der Waals surface area contributed by atoms with Crippen LogP contribution in [0.15, 0.2) is 47.2 Å². The fourth-order valence-corrected chi connectivity index (χ4v) is 3.84. The highest BCUT2D eigenvalue weighted by Crippen LogP contribution is 2.34. The third kappa shape index (κ3) is 3.15. The number of carbonyl (C=O) groups is 1. The van der Waals surface area contributed by atoms with E-state index in [2.05, 4.69) is 10.1 Å². The topological polar surface area (TPSA) is 90.5 Å². The number of nitrogens with zero attached hydrogens (tertiary/aromatic N) is 4. The number of amides is 1. The molecule has 0 N–H and O–H groups in total. The Morgan fingerprint density at radius 2 is 2.07 bits per heavy atom. The number of aromatic nitrogens is 3. The maximum atomic E-state index is 13.0. The van der Waals surface area contributed by atoms with E-state index in [1.807, 2.05) is 30.6 Å². The molecule has 0 atom stereocenters. The highest BCUT2D eigenvalue weighted by molar-refractivity contribution is 6.04. The Labute approximate surface area is 172 Å². The Morgan fingerprint density at radius 3 is 2.97 bits per heavy atom. The van der Waals surface area contributed by atoms with Gasteiger partial charge in [-0.3, -0.25) is 19.3 Å². The van der Waals surface area contributed by atoms with Crippen molar-refractivity contribution in [1.82, 2.24) is 19.7 Å². The van der Waals surface area contributed by atoms with Crippen molar-refractivity contribution in [2.45, 2.75) is 13.0 Å². The molecule has 8 nitrogen and oxygen atoms in total. The van der Waals surface area contributed by atoms with Crippen LogP contribution >= 0.6 is 0 Å². The molecule has 4 aromatic rings. The molecule has 1 aliphatic rings. The number of benzene rings is 1. The highest BCUT2D eigenvalue weighted by Gasteiger charge is 2.22. The largest absolute Gasteiger partial charge is 0.464 e. The highest BCUT2D eigenvalue weighted by atomic mass is 16.5. The van der Waals surface area contributed by atoms with Gasteiger partial charge >= 0.3 is 0 Å². The van der Waals surface area contributed by atoms with E-state index < -0.39 is 0 Å². The lowest BCUT2D eigenvalue weighted by atomic mass is 10.1. The summed E-state index contributed by atoms with van der Waals surface area (Å²) in [6.07, 6.45) is 5.97. The first-order valence-corrected chi connectivity index (χ1v) is 9.81. The van der Waals surface area contributed by atoms with Gasteiger partial charge in [-0.2, -0.15) is 5.10 Å². The summed E-state index contributed by atoms with van der Waals surface area (Å²) in [5.74, 6) is -0.152. The van der Waals surface area contributed by atoms with Crippen molar-refractivity contribution in [2.75, 3.05) is 26.3 Å². The Morgan fingerprint density at radius 1 is 1.17 bits per heavy atom. The molecule has 30 heavy (non-hydrogen) atoms. The molecule has 3 aromatic heterocycles. The van der Waals surface area contributed by atoms with Gasteiger partial charge < -0.3 is 14.1 Å². The summed E-state index contributed by atoms with van der Waals surface area (Å²) in [6.45, 7) is 2.30. The van der Waals surface area contributed by atoms with Crippen molar-refractivity contribution in [1.29, 1.82) is 0 Å². The summed E-state index contributed by atoms with van der Waals surface area (Å²) in [5, 5.41) is 6.27. The molecule has 0 spiro atoms. The molecule has 151 valence electrons. The number of rotatable bonds is 4. The minimum absolute atomic E-state index is 0.0402. The Hall–Kier alpha value is -3.52. The zero-order valence-electron chi connectivity index (χ0n) is 16.2. The van der Waals surface area contributed by atoms with Crippen LogP contribution in [0.2, 0.25) is 0 Å². The molecule has 0 aliphatic carbocycles. The zero-order valence-corrected chi connectivity index (χ0v) is 16.2. The third-order valence-electron chi connectivity index (χ3n) is 5.32. The van der Waals surface area contributed by atoms with Crippen molar-refractivity contribution < 1.29 is 18.7 Å². The van der Waals surface area contributed by atoms with Crippen LogP contribution in [0.5, 0.6) is 0 Å². The molecule has 1 saturated heterocycles. The molecule has 4 heterocycles. The standard InChI is InChI=1S/C22H19N4O4/c27-9-7-26-19-12-18(22(28)25-6-3-10-29-11-8-25)23-13-16(19)21(24-26)17-14-30-20-5-2-1-4-15(17)20/h1-2,4-5,12-14H,3,6-8,10-11H2. The van der Waals surface area contributed by atoms with Gasteiger partial charge in [-0.05, 0) is 18.6 Å². The van der Waals surface area contributed by atoms with E-state index in [1.54, 1.807) is 28.1 Å². The van der Waals surface area contributed by atoms with Crippen LogP contribution in [0.25, 0.3) is 33.1 Å². The van der Waals surface area contributed by atoms with Crippen molar-refractivity contribution in [3.63, 3.8) is 0 Å². The first-order valence-electron chi connectivity index (χ1n) is 9.81. The number of furan rings is 1. The van der Waals surface area contributed by atoms with E-state index in [1.165, 1.54) is 0 Å². The van der Waals surface area contributed by atoms with Gasteiger partial charge in [0.05, 0.1) is 12.1 Å². The molecule has 0 unspecified atom stereocenters. The molecular formula is C22H19N4O4. The van der Waals surface area contributed by atoms with Crippen LogP contribution in [0.1, 0.15) is 16.9 Å². The van der Waals surface area contributed by atoms with E-state index in [4.69, 9.17) is 9.15 Å². The third-order valence-corrected chi connectivity index (χ3v) is 5.32. The van der Waals surface area contributed by atoms with Gasteiger partial charge in [0.2, 0.25) is 6.29 Å². The fourth-order valence-electron chi connectivity index (χ4n) is 3.84. The zero-order chi connectivity index (χ0) is 20.5. The van der Waals surface area contributed by atoms with E-state index >= 15 is 0 Å².